The Balaban J connectivity index is 2.42. The van der Waals surface area contributed by atoms with Gasteiger partial charge in [0, 0.05) is 18.9 Å². The Morgan fingerprint density at radius 3 is 2.82 bits per heavy atom. The molecule has 2 heterocycles. The molecule has 0 bridgehead atoms. The van der Waals surface area contributed by atoms with Gasteiger partial charge >= 0.3 is 5.97 Å². The van der Waals surface area contributed by atoms with Crippen LogP contribution in [0.5, 0.6) is 0 Å². The highest BCUT2D eigenvalue weighted by molar-refractivity contribution is 5.91. The van der Waals surface area contributed by atoms with Crippen molar-refractivity contribution in [3.63, 3.8) is 0 Å². The fourth-order valence-corrected chi connectivity index (χ4v) is 1.93. The summed E-state index contributed by atoms with van der Waals surface area (Å²) in [5, 5.41) is 9.11. The Morgan fingerprint density at radius 1 is 1.47 bits per heavy atom. The molecule has 0 aliphatic carbocycles. The third-order valence-corrected chi connectivity index (χ3v) is 2.78. The molecule has 1 N–H and O–H groups in total. The summed E-state index contributed by atoms with van der Waals surface area (Å²) in [5.74, 6) is -0.649. The van der Waals surface area contributed by atoms with Crippen LogP contribution in [0, 0.1) is 0 Å². The lowest BCUT2D eigenvalue weighted by Crippen LogP contribution is -2.54. The quantitative estimate of drug-likeness (QED) is 0.819. The maximum atomic E-state index is 11.1. The first kappa shape index (κ1) is 11.8. The number of carboxylic acids is 1. The van der Waals surface area contributed by atoms with Gasteiger partial charge in [0.2, 0.25) is 0 Å². The molecule has 1 fully saturated rings. The second-order valence-electron chi connectivity index (χ2n) is 4.55. The standard InChI is InChI=1S/C11H15N3O3/c1-11(2)7-17-6-5-14(11)9-8(10(15)16)12-3-4-13-9/h3-4H,5-7H2,1-2H3,(H,15,16). The number of carboxylic acid groups (broad SMARTS) is 1. The van der Waals surface area contributed by atoms with E-state index in [1.54, 1.807) is 0 Å². The highest BCUT2D eigenvalue weighted by atomic mass is 16.5. The second-order valence-corrected chi connectivity index (χ2v) is 4.55. The molecule has 0 spiro atoms. The van der Waals surface area contributed by atoms with E-state index in [1.807, 2.05) is 18.7 Å². The summed E-state index contributed by atoms with van der Waals surface area (Å²) in [4.78, 5) is 21.1. The van der Waals surface area contributed by atoms with E-state index in [0.29, 0.717) is 25.6 Å². The number of nitrogens with zero attached hydrogens (tertiary/aromatic N) is 3. The summed E-state index contributed by atoms with van der Waals surface area (Å²) in [6.45, 7) is 5.71. The first-order chi connectivity index (χ1) is 8.02. The Kier molecular flexibility index (Phi) is 2.97. The Hall–Kier alpha value is -1.69. The van der Waals surface area contributed by atoms with Crippen molar-refractivity contribution >= 4 is 11.8 Å². The van der Waals surface area contributed by atoms with Crippen molar-refractivity contribution in [1.82, 2.24) is 9.97 Å². The number of hydrogen-bond donors (Lipinski definition) is 1. The molecule has 0 unspecified atom stereocenters. The maximum Gasteiger partial charge on any atom is 0.358 e. The summed E-state index contributed by atoms with van der Waals surface area (Å²) in [6.07, 6.45) is 2.90. The van der Waals surface area contributed by atoms with Gasteiger partial charge in [0.1, 0.15) is 0 Å². The van der Waals surface area contributed by atoms with E-state index in [9.17, 15) is 4.79 Å². The molecule has 0 aromatic carbocycles. The first-order valence-corrected chi connectivity index (χ1v) is 5.42. The Labute approximate surface area is 99.2 Å². The average molecular weight is 237 g/mol. The predicted octanol–water partition coefficient (Wildman–Crippen LogP) is 0.790. The van der Waals surface area contributed by atoms with Gasteiger partial charge in [0.05, 0.1) is 18.8 Å². The molecule has 1 aromatic rings. The van der Waals surface area contributed by atoms with E-state index in [-0.39, 0.29) is 11.2 Å². The van der Waals surface area contributed by atoms with Gasteiger partial charge in [-0.05, 0) is 13.8 Å². The monoisotopic (exact) mass is 237 g/mol. The van der Waals surface area contributed by atoms with Crippen LogP contribution < -0.4 is 4.90 Å². The van der Waals surface area contributed by atoms with E-state index in [4.69, 9.17) is 9.84 Å². The second kappa shape index (κ2) is 4.29. The van der Waals surface area contributed by atoms with Crippen LogP contribution in [0.3, 0.4) is 0 Å². The summed E-state index contributed by atoms with van der Waals surface area (Å²) >= 11 is 0. The van der Waals surface area contributed by atoms with E-state index in [1.165, 1.54) is 12.4 Å². The fourth-order valence-electron chi connectivity index (χ4n) is 1.93. The molecule has 0 atom stereocenters. The largest absolute Gasteiger partial charge is 0.476 e. The lowest BCUT2D eigenvalue weighted by molar-refractivity contribution is 0.0621. The summed E-state index contributed by atoms with van der Waals surface area (Å²) in [6, 6.07) is 0. The highest BCUT2D eigenvalue weighted by Crippen LogP contribution is 2.26. The molecular weight excluding hydrogens is 222 g/mol. The molecule has 1 aliphatic heterocycles. The minimum Gasteiger partial charge on any atom is -0.476 e. The molecule has 0 radical (unpaired) electrons. The van der Waals surface area contributed by atoms with E-state index < -0.39 is 5.97 Å². The van der Waals surface area contributed by atoms with Crippen LogP contribution in [-0.4, -0.2) is 46.3 Å². The SMILES string of the molecule is CC1(C)COCCN1c1nccnc1C(=O)O. The molecule has 6 nitrogen and oxygen atoms in total. The molecule has 17 heavy (non-hydrogen) atoms. The summed E-state index contributed by atoms with van der Waals surface area (Å²) < 4.78 is 5.40. The van der Waals surface area contributed by atoms with E-state index in [2.05, 4.69) is 9.97 Å². The number of aromatic nitrogens is 2. The van der Waals surface area contributed by atoms with Crippen molar-refractivity contribution < 1.29 is 14.6 Å². The molecule has 1 aromatic heterocycles. The van der Waals surface area contributed by atoms with Gasteiger partial charge in [-0.25, -0.2) is 14.8 Å². The van der Waals surface area contributed by atoms with Gasteiger partial charge in [-0.15, -0.1) is 0 Å². The smallest absolute Gasteiger partial charge is 0.358 e. The van der Waals surface area contributed by atoms with Crippen LogP contribution in [0.4, 0.5) is 5.82 Å². The topological polar surface area (TPSA) is 75.5 Å². The molecule has 92 valence electrons. The zero-order valence-corrected chi connectivity index (χ0v) is 9.88. The zero-order valence-electron chi connectivity index (χ0n) is 9.88. The van der Waals surface area contributed by atoms with Crippen LogP contribution in [-0.2, 0) is 4.74 Å². The van der Waals surface area contributed by atoms with Crippen LogP contribution in [0.2, 0.25) is 0 Å². The molecular formula is C11H15N3O3. The van der Waals surface area contributed by atoms with E-state index in [0.717, 1.165) is 0 Å². The lowest BCUT2D eigenvalue weighted by Gasteiger charge is -2.43. The predicted molar refractivity (Wildman–Crippen MR) is 61.2 cm³/mol. The van der Waals surface area contributed by atoms with Gasteiger partial charge in [-0.3, -0.25) is 0 Å². The van der Waals surface area contributed by atoms with Gasteiger partial charge in [0.15, 0.2) is 11.5 Å². The normalized spacial score (nSPS) is 19.1. The van der Waals surface area contributed by atoms with Crippen molar-refractivity contribution in [3.05, 3.63) is 18.1 Å². The average Bonchev–Trinajstić information content (AvgIpc) is 2.28. The molecule has 6 heteroatoms. The minimum absolute atomic E-state index is 0.0116. The van der Waals surface area contributed by atoms with Crippen LogP contribution in [0.1, 0.15) is 24.3 Å². The van der Waals surface area contributed by atoms with Crippen molar-refractivity contribution in [2.24, 2.45) is 0 Å². The number of hydrogen-bond acceptors (Lipinski definition) is 5. The number of rotatable bonds is 2. The minimum atomic E-state index is -1.06. The van der Waals surface area contributed by atoms with Crippen LogP contribution in [0.25, 0.3) is 0 Å². The molecule has 0 amide bonds. The van der Waals surface area contributed by atoms with Crippen LogP contribution in [0.15, 0.2) is 12.4 Å². The fraction of sp³-hybridized carbons (Fsp3) is 0.545. The first-order valence-electron chi connectivity index (χ1n) is 5.42. The van der Waals surface area contributed by atoms with Gasteiger partial charge in [-0.2, -0.15) is 0 Å². The van der Waals surface area contributed by atoms with E-state index >= 15 is 0 Å². The van der Waals surface area contributed by atoms with Crippen molar-refractivity contribution in [3.8, 4) is 0 Å². The summed E-state index contributed by atoms with van der Waals surface area (Å²) in [7, 11) is 0. The lowest BCUT2D eigenvalue weighted by atomic mass is 10.0. The van der Waals surface area contributed by atoms with Gasteiger partial charge in [-0.1, -0.05) is 0 Å². The Bertz CT molecular complexity index is 434. The number of anilines is 1. The van der Waals surface area contributed by atoms with Crippen LogP contribution >= 0.6 is 0 Å². The number of carbonyl (C=O) groups is 1. The molecule has 0 saturated carbocycles. The molecule has 1 aliphatic rings. The van der Waals surface area contributed by atoms with Crippen molar-refractivity contribution in [1.29, 1.82) is 0 Å². The Morgan fingerprint density at radius 2 is 2.18 bits per heavy atom. The van der Waals surface area contributed by atoms with Crippen molar-refractivity contribution in [2.75, 3.05) is 24.7 Å². The zero-order chi connectivity index (χ0) is 12.5. The third kappa shape index (κ3) is 2.21. The van der Waals surface area contributed by atoms with Crippen molar-refractivity contribution in [2.45, 2.75) is 19.4 Å². The number of ether oxygens (including phenoxy) is 1. The molecule has 1 saturated heterocycles. The molecule has 2 rings (SSSR count). The highest BCUT2D eigenvalue weighted by Gasteiger charge is 2.34. The third-order valence-electron chi connectivity index (χ3n) is 2.78. The van der Waals surface area contributed by atoms with Gasteiger partial charge < -0.3 is 14.7 Å². The van der Waals surface area contributed by atoms with Gasteiger partial charge in [0.25, 0.3) is 0 Å². The number of aromatic carboxylic acids is 1. The maximum absolute atomic E-state index is 11.1. The summed E-state index contributed by atoms with van der Waals surface area (Å²) in [5.41, 5.74) is -0.291. The number of morpholine rings is 1.